The zero-order chi connectivity index (χ0) is 10.8. The Kier molecular flexibility index (Phi) is 2.96. The number of nitrogens with one attached hydrogen (secondary N) is 1. The maximum Gasteiger partial charge on any atom is 0.0208 e. The van der Waals surface area contributed by atoms with E-state index in [9.17, 15) is 0 Å². The minimum atomic E-state index is 0.771. The molecule has 1 heteroatoms. The Hall–Kier alpha value is -0.820. The molecule has 1 nitrogen and oxygen atoms in total. The van der Waals surface area contributed by atoms with Gasteiger partial charge in [-0.2, -0.15) is 0 Å². The summed E-state index contributed by atoms with van der Waals surface area (Å²) in [5.74, 6) is 1.77. The van der Waals surface area contributed by atoms with Crippen LogP contribution in [0.3, 0.4) is 0 Å². The third-order valence-corrected chi connectivity index (χ3v) is 4.29. The first-order valence-electron chi connectivity index (χ1n) is 6.72. The summed E-state index contributed by atoms with van der Waals surface area (Å²) in [7, 11) is 0. The lowest BCUT2D eigenvalue weighted by molar-refractivity contribution is 0.412. The van der Waals surface area contributed by atoms with Crippen LogP contribution in [0.2, 0.25) is 0 Å². The molecule has 0 radical (unpaired) electrons. The molecule has 1 fully saturated rings. The number of rotatable bonds is 2. The Balaban J connectivity index is 1.76. The van der Waals surface area contributed by atoms with Gasteiger partial charge in [0.25, 0.3) is 0 Å². The molecule has 0 amide bonds. The summed E-state index contributed by atoms with van der Waals surface area (Å²) in [6.07, 6.45) is 7.28. The molecule has 0 saturated heterocycles. The summed E-state index contributed by atoms with van der Waals surface area (Å²) in [6.45, 7) is 2.25. The molecule has 1 saturated carbocycles. The molecular formula is C15H21N. The first kappa shape index (κ1) is 10.3. The second-order valence-electron chi connectivity index (χ2n) is 5.41. The normalized spacial score (nSPS) is 25.6. The van der Waals surface area contributed by atoms with Crippen LogP contribution in [-0.2, 0) is 6.54 Å². The minimum absolute atomic E-state index is 0.771. The molecule has 2 aliphatic rings. The smallest absolute Gasteiger partial charge is 0.0208 e. The molecule has 1 unspecified atom stereocenters. The van der Waals surface area contributed by atoms with Crippen LogP contribution in [0.15, 0.2) is 24.3 Å². The highest BCUT2D eigenvalue weighted by Gasteiger charge is 2.24. The topological polar surface area (TPSA) is 12.0 Å². The van der Waals surface area contributed by atoms with E-state index in [2.05, 4.69) is 29.6 Å². The Morgan fingerprint density at radius 3 is 2.81 bits per heavy atom. The molecule has 1 atom stereocenters. The van der Waals surface area contributed by atoms with Gasteiger partial charge in [0.1, 0.15) is 0 Å². The second kappa shape index (κ2) is 4.58. The van der Waals surface area contributed by atoms with E-state index in [-0.39, 0.29) is 0 Å². The van der Waals surface area contributed by atoms with E-state index in [4.69, 9.17) is 0 Å². The van der Waals surface area contributed by atoms with Crippen molar-refractivity contribution in [2.45, 2.75) is 44.6 Å². The fourth-order valence-corrected chi connectivity index (χ4v) is 3.44. The zero-order valence-electron chi connectivity index (χ0n) is 9.91. The van der Waals surface area contributed by atoms with Crippen molar-refractivity contribution in [2.24, 2.45) is 5.92 Å². The third kappa shape index (κ3) is 2.01. The van der Waals surface area contributed by atoms with Gasteiger partial charge in [-0.15, -0.1) is 0 Å². The lowest BCUT2D eigenvalue weighted by atomic mass is 9.83. The van der Waals surface area contributed by atoms with Gasteiger partial charge in [-0.25, -0.2) is 0 Å². The van der Waals surface area contributed by atoms with Gasteiger partial charge in [0.2, 0.25) is 0 Å². The second-order valence-corrected chi connectivity index (χ2v) is 5.41. The van der Waals surface area contributed by atoms with E-state index < -0.39 is 0 Å². The van der Waals surface area contributed by atoms with E-state index >= 15 is 0 Å². The van der Waals surface area contributed by atoms with Crippen molar-refractivity contribution in [2.75, 3.05) is 6.54 Å². The molecule has 0 spiro atoms. The van der Waals surface area contributed by atoms with Crippen molar-refractivity contribution in [3.8, 4) is 0 Å². The fourth-order valence-electron chi connectivity index (χ4n) is 3.44. The van der Waals surface area contributed by atoms with Crippen molar-refractivity contribution in [1.82, 2.24) is 5.32 Å². The van der Waals surface area contributed by atoms with Crippen molar-refractivity contribution in [3.63, 3.8) is 0 Å². The van der Waals surface area contributed by atoms with E-state index in [0.717, 1.165) is 18.4 Å². The fraction of sp³-hybridized carbons (Fsp3) is 0.600. The van der Waals surface area contributed by atoms with Gasteiger partial charge in [-0.1, -0.05) is 49.9 Å². The highest BCUT2D eigenvalue weighted by molar-refractivity contribution is 5.32. The van der Waals surface area contributed by atoms with Crippen LogP contribution in [0.4, 0.5) is 0 Å². The van der Waals surface area contributed by atoms with Crippen LogP contribution in [0, 0.1) is 5.92 Å². The van der Waals surface area contributed by atoms with E-state index in [0.29, 0.717) is 0 Å². The van der Waals surface area contributed by atoms with Gasteiger partial charge < -0.3 is 5.32 Å². The molecular weight excluding hydrogens is 194 g/mol. The first-order valence-corrected chi connectivity index (χ1v) is 6.72. The predicted octanol–water partition coefficient (Wildman–Crippen LogP) is 3.45. The summed E-state index contributed by atoms with van der Waals surface area (Å²) in [6, 6.07) is 8.99. The van der Waals surface area contributed by atoms with Crippen LogP contribution in [0.25, 0.3) is 0 Å². The Morgan fingerprint density at radius 2 is 1.94 bits per heavy atom. The number of benzene rings is 1. The molecule has 1 aromatic carbocycles. The highest BCUT2D eigenvalue weighted by Crippen LogP contribution is 2.36. The van der Waals surface area contributed by atoms with Crippen molar-refractivity contribution < 1.29 is 0 Å². The largest absolute Gasteiger partial charge is 0.312 e. The lowest BCUT2D eigenvalue weighted by Gasteiger charge is -2.28. The molecule has 0 aromatic heterocycles. The van der Waals surface area contributed by atoms with E-state index in [1.807, 2.05) is 0 Å². The van der Waals surface area contributed by atoms with Gasteiger partial charge in [-0.3, -0.25) is 0 Å². The molecule has 1 N–H and O–H groups in total. The minimum Gasteiger partial charge on any atom is -0.312 e. The lowest BCUT2D eigenvalue weighted by Crippen LogP contribution is -2.29. The average molecular weight is 215 g/mol. The first-order chi connectivity index (χ1) is 7.93. The number of hydrogen-bond acceptors (Lipinski definition) is 1. The number of hydrogen-bond donors (Lipinski definition) is 1. The summed E-state index contributed by atoms with van der Waals surface area (Å²) in [4.78, 5) is 0. The molecule has 86 valence electrons. The van der Waals surface area contributed by atoms with E-state index in [1.165, 1.54) is 44.2 Å². The molecule has 1 heterocycles. The van der Waals surface area contributed by atoms with Gasteiger partial charge in [0.05, 0.1) is 0 Å². The van der Waals surface area contributed by atoms with Gasteiger partial charge in [0, 0.05) is 13.1 Å². The van der Waals surface area contributed by atoms with Gasteiger partial charge in [0.15, 0.2) is 0 Å². The molecule has 3 rings (SSSR count). The van der Waals surface area contributed by atoms with E-state index in [1.54, 1.807) is 5.56 Å². The monoisotopic (exact) mass is 215 g/mol. The Morgan fingerprint density at radius 1 is 1.12 bits per heavy atom. The average Bonchev–Trinajstić information content (AvgIpc) is 2.82. The Labute approximate surface area is 98.3 Å². The Bertz CT molecular complexity index is 352. The zero-order valence-corrected chi connectivity index (χ0v) is 9.91. The highest BCUT2D eigenvalue weighted by atomic mass is 14.9. The van der Waals surface area contributed by atoms with Crippen LogP contribution in [0.5, 0.6) is 0 Å². The third-order valence-electron chi connectivity index (χ3n) is 4.29. The number of fused-ring (bicyclic) bond motifs is 1. The predicted molar refractivity (Wildman–Crippen MR) is 67.5 cm³/mol. The van der Waals surface area contributed by atoms with Crippen molar-refractivity contribution >= 4 is 0 Å². The van der Waals surface area contributed by atoms with Crippen LogP contribution in [-0.4, -0.2) is 6.54 Å². The summed E-state index contributed by atoms with van der Waals surface area (Å²) < 4.78 is 0. The van der Waals surface area contributed by atoms with Crippen LogP contribution >= 0.6 is 0 Å². The van der Waals surface area contributed by atoms with Crippen LogP contribution in [0.1, 0.15) is 49.1 Å². The van der Waals surface area contributed by atoms with Crippen molar-refractivity contribution in [3.05, 3.63) is 35.4 Å². The summed E-state index contributed by atoms with van der Waals surface area (Å²) >= 11 is 0. The molecule has 1 aliphatic heterocycles. The molecule has 16 heavy (non-hydrogen) atoms. The van der Waals surface area contributed by atoms with Crippen molar-refractivity contribution in [1.29, 1.82) is 0 Å². The summed E-state index contributed by atoms with van der Waals surface area (Å²) in [5.41, 5.74) is 3.14. The van der Waals surface area contributed by atoms with Crippen LogP contribution < -0.4 is 5.32 Å². The van der Waals surface area contributed by atoms with Gasteiger partial charge in [-0.05, 0) is 29.4 Å². The molecule has 1 aliphatic carbocycles. The molecule has 0 bridgehead atoms. The quantitative estimate of drug-likeness (QED) is 0.796. The maximum absolute atomic E-state index is 3.56. The SMILES string of the molecule is c1ccc2c(c1)CNCC2CC1CCCC1. The standard InChI is InChI=1S/C15H21N/c1-2-6-12(5-1)9-14-11-16-10-13-7-3-4-8-15(13)14/h3-4,7-8,12,14,16H,1-2,5-6,9-11H2. The molecule has 1 aromatic rings. The summed E-state index contributed by atoms with van der Waals surface area (Å²) in [5, 5.41) is 3.56. The maximum atomic E-state index is 3.56. The van der Waals surface area contributed by atoms with Gasteiger partial charge >= 0.3 is 0 Å².